The van der Waals surface area contributed by atoms with Crippen molar-refractivity contribution in [1.29, 1.82) is 0 Å². The number of hydrogen-bond donors (Lipinski definition) is 2. The summed E-state index contributed by atoms with van der Waals surface area (Å²) in [5.41, 5.74) is 5.53. The highest BCUT2D eigenvalue weighted by molar-refractivity contribution is 6.33. The van der Waals surface area contributed by atoms with E-state index >= 15 is 0 Å². The van der Waals surface area contributed by atoms with Crippen molar-refractivity contribution >= 4 is 35.3 Å². The first-order chi connectivity index (χ1) is 14.9. The van der Waals surface area contributed by atoms with E-state index in [1.54, 1.807) is 23.1 Å². The van der Waals surface area contributed by atoms with E-state index in [1.807, 2.05) is 37.3 Å². The van der Waals surface area contributed by atoms with Crippen LogP contribution < -0.4 is 10.9 Å². The Labute approximate surface area is 184 Å². The Hall–Kier alpha value is -3.39. The Morgan fingerprint density at radius 3 is 2.48 bits per heavy atom. The predicted octanol–water partition coefficient (Wildman–Crippen LogP) is 2.25. The van der Waals surface area contributed by atoms with Crippen LogP contribution in [0.1, 0.15) is 35.3 Å². The molecule has 9 heteroatoms. The number of amides is 3. The number of nitrogens with zero attached hydrogens (tertiary/aromatic N) is 1. The molecule has 8 nitrogen and oxygen atoms in total. The third kappa shape index (κ3) is 5.61. The smallest absolute Gasteiger partial charge is 0.311 e. The van der Waals surface area contributed by atoms with Crippen LogP contribution in [0.15, 0.2) is 54.6 Å². The lowest BCUT2D eigenvalue weighted by atomic mass is 10.1. The number of nitrogens with one attached hydrogen (secondary N) is 2. The van der Waals surface area contributed by atoms with Gasteiger partial charge in [-0.1, -0.05) is 54.1 Å². The Morgan fingerprint density at radius 2 is 1.77 bits per heavy atom. The minimum atomic E-state index is -0.715. The largest absolute Gasteiger partial charge is 0.455 e. The van der Waals surface area contributed by atoms with Crippen LogP contribution in [0.5, 0.6) is 0 Å². The summed E-state index contributed by atoms with van der Waals surface area (Å²) in [6, 6.07) is 15.7. The summed E-state index contributed by atoms with van der Waals surface area (Å²) < 4.78 is 5.02. The summed E-state index contributed by atoms with van der Waals surface area (Å²) in [5.74, 6) is -2.74. The molecule has 0 saturated carbocycles. The molecule has 0 bridgehead atoms. The van der Waals surface area contributed by atoms with E-state index in [1.165, 1.54) is 6.07 Å². The normalized spacial score (nSPS) is 16.5. The fourth-order valence-corrected chi connectivity index (χ4v) is 3.53. The fourth-order valence-electron chi connectivity index (χ4n) is 3.31. The first kappa shape index (κ1) is 22.3. The van der Waals surface area contributed by atoms with Gasteiger partial charge < -0.3 is 9.64 Å². The van der Waals surface area contributed by atoms with Gasteiger partial charge in [-0.3, -0.25) is 30.0 Å². The molecule has 31 heavy (non-hydrogen) atoms. The third-order valence-electron chi connectivity index (χ3n) is 5.02. The first-order valence-corrected chi connectivity index (χ1v) is 10.1. The summed E-state index contributed by atoms with van der Waals surface area (Å²) in [7, 11) is 0. The highest BCUT2D eigenvalue weighted by Crippen LogP contribution is 2.28. The van der Waals surface area contributed by atoms with E-state index in [-0.39, 0.29) is 35.5 Å². The fraction of sp³-hybridized carbons (Fsp3) is 0.273. The molecule has 1 fully saturated rings. The zero-order valence-corrected chi connectivity index (χ0v) is 17.6. The molecule has 3 amide bonds. The second-order valence-corrected chi connectivity index (χ2v) is 7.53. The molecule has 0 unspecified atom stereocenters. The van der Waals surface area contributed by atoms with E-state index < -0.39 is 30.3 Å². The highest BCUT2D eigenvalue weighted by atomic mass is 35.5. The molecular formula is C22H22ClN3O5. The number of rotatable bonds is 6. The Balaban J connectivity index is 1.45. The van der Waals surface area contributed by atoms with Crippen LogP contribution in [0.2, 0.25) is 5.02 Å². The maximum Gasteiger partial charge on any atom is 0.311 e. The van der Waals surface area contributed by atoms with E-state index in [0.717, 1.165) is 5.56 Å². The molecule has 2 aromatic rings. The molecule has 0 aliphatic carbocycles. The van der Waals surface area contributed by atoms with Crippen LogP contribution in [0.25, 0.3) is 0 Å². The van der Waals surface area contributed by atoms with Gasteiger partial charge in [0.15, 0.2) is 6.61 Å². The molecule has 0 spiro atoms. The van der Waals surface area contributed by atoms with Gasteiger partial charge in [-0.15, -0.1) is 0 Å². The molecule has 1 saturated heterocycles. The molecule has 2 aromatic carbocycles. The van der Waals surface area contributed by atoms with Gasteiger partial charge in [0, 0.05) is 13.0 Å². The van der Waals surface area contributed by atoms with E-state index in [2.05, 4.69) is 10.9 Å². The maximum atomic E-state index is 12.4. The lowest BCUT2D eigenvalue weighted by Gasteiger charge is -2.25. The summed E-state index contributed by atoms with van der Waals surface area (Å²) in [5, 5.41) is 0.237. The van der Waals surface area contributed by atoms with Gasteiger partial charge in [-0.2, -0.15) is 0 Å². The second kappa shape index (κ2) is 10.1. The van der Waals surface area contributed by atoms with Crippen molar-refractivity contribution < 1.29 is 23.9 Å². The van der Waals surface area contributed by atoms with E-state index in [4.69, 9.17) is 16.3 Å². The number of halogens is 1. The topological polar surface area (TPSA) is 105 Å². The van der Waals surface area contributed by atoms with Crippen LogP contribution in [0, 0.1) is 5.92 Å². The minimum Gasteiger partial charge on any atom is -0.455 e. The maximum absolute atomic E-state index is 12.4. The number of likely N-dealkylation sites (tertiary alicyclic amines) is 1. The number of carbonyl (C=O) groups excluding carboxylic acids is 4. The van der Waals surface area contributed by atoms with Gasteiger partial charge in [0.2, 0.25) is 5.91 Å². The molecule has 1 aliphatic rings. The number of hydrazine groups is 1. The predicted molar refractivity (Wildman–Crippen MR) is 113 cm³/mol. The minimum absolute atomic E-state index is 0.0286. The molecule has 0 radical (unpaired) electrons. The van der Waals surface area contributed by atoms with Crippen molar-refractivity contribution in [3.63, 3.8) is 0 Å². The first-order valence-electron chi connectivity index (χ1n) is 9.71. The summed E-state index contributed by atoms with van der Waals surface area (Å²) >= 11 is 5.92. The van der Waals surface area contributed by atoms with Crippen LogP contribution in [0.3, 0.4) is 0 Å². The molecular weight excluding hydrogens is 422 g/mol. The molecule has 0 aromatic heterocycles. The van der Waals surface area contributed by atoms with E-state index in [0.29, 0.717) is 0 Å². The summed E-state index contributed by atoms with van der Waals surface area (Å²) in [4.78, 5) is 50.2. The van der Waals surface area contributed by atoms with Crippen molar-refractivity contribution in [2.75, 3.05) is 13.2 Å². The zero-order valence-electron chi connectivity index (χ0n) is 16.8. The van der Waals surface area contributed by atoms with Crippen molar-refractivity contribution in [3.05, 3.63) is 70.7 Å². The van der Waals surface area contributed by atoms with Gasteiger partial charge in [0.1, 0.15) is 0 Å². The number of ether oxygens (including phenoxy) is 1. The standard InChI is InChI=1S/C22H22ClN3O5/c1-14(15-7-3-2-4-8-15)26-12-16(11-20(26)28)22(30)31-13-19(27)24-25-21(29)17-9-5-6-10-18(17)23/h2-10,14,16H,11-13H2,1H3,(H,24,27)(H,25,29)/t14-,16+/m0/s1. The van der Waals surface area contributed by atoms with E-state index in [9.17, 15) is 19.2 Å². The SMILES string of the molecule is C[C@@H](c1ccccc1)N1C[C@H](C(=O)OCC(=O)NNC(=O)c2ccccc2Cl)CC1=O. The number of hydrogen-bond acceptors (Lipinski definition) is 5. The van der Waals surface area contributed by atoms with Crippen LogP contribution in [0.4, 0.5) is 0 Å². The van der Waals surface area contributed by atoms with Crippen LogP contribution in [-0.4, -0.2) is 41.7 Å². The molecule has 2 atom stereocenters. The van der Waals surface area contributed by atoms with Crippen LogP contribution in [-0.2, 0) is 19.1 Å². The molecule has 3 rings (SSSR count). The molecule has 1 heterocycles. The quantitative estimate of drug-likeness (QED) is 0.526. The number of esters is 1. The lowest BCUT2D eigenvalue weighted by Crippen LogP contribution is -2.44. The monoisotopic (exact) mass is 443 g/mol. The van der Waals surface area contributed by atoms with Gasteiger partial charge in [-0.05, 0) is 24.6 Å². The van der Waals surface area contributed by atoms with Gasteiger partial charge in [0.25, 0.3) is 11.8 Å². The number of carbonyl (C=O) groups is 4. The summed E-state index contributed by atoms with van der Waals surface area (Å²) in [6.07, 6.45) is 0.0286. The second-order valence-electron chi connectivity index (χ2n) is 7.12. The van der Waals surface area contributed by atoms with Crippen molar-refractivity contribution in [2.24, 2.45) is 5.92 Å². The molecule has 1 aliphatic heterocycles. The Bertz CT molecular complexity index is 982. The lowest BCUT2D eigenvalue weighted by molar-refractivity contribution is -0.152. The zero-order chi connectivity index (χ0) is 22.4. The van der Waals surface area contributed by atoms with Gasteiger partial charge in [-0.25, -0.2) is 0 Å². The van der Waals surface area contributed by atoms with Crippen LogP contribution >= 0.6 is 11.6 Å². The Kier molecular flexibility index (Phi) is 7.25. The average Bonchev–Trinajstić information content (AvgIpc) is 3.17. The Morgan fingerprint density at radius 1 is 1.10 bits per heavy atom. The van der Waals surface area contributed by atoms with Crippen molar-refractivity contribution in [1.82, 2.24) is 15.8 Å². The van der Waals surface area contributed by atoms with Crippen molar-refractivity contribution in [2.45, 2.75) is 19.4 Å². The third-order valence-corrected chi connectivity index (χ3v) is 5.35. The van der Waals surface area contributed by atoms with Gasteiger partial charge in [0.05, 0.1) is 22.5 Å². The van der Waals surface area contributed by atoms with Gasteiger partial charge >= 0.3 is 5.97 Å². The van der Waals surface area contributed by atoms with Crippen molar-refractivity contribution in [3.8, 4) is 0 Å². The number of benzene rings is 2. The molecule has 2 N–H and O–H groups in total. The average molecular weight is 444 g/mol. The highest BCUT2D eigenvalue weighted by Gasteiger charge is 2.38. The summed E-state index contributed by atoms with van der Waals surface area (Å²) in [6.45, 7) is 1.54. The molecule has 162 valence electrons.